The van der Waals surface area contributed by atoms with E-state index < -0.39 is 23.5 Å². The Hall–Kier alpha value is -3.93. The monoisotopic (exact) mass is 487 g/mol. The molecule has 0 aliphatic carbocycles. The van der Waals surface area contributed by atoms with Crippen molar-refractivity contribution in [3.63, 3.8) is 0 Å². The highest BCUT2D eigenvalue weighted by atomic mass is 19.1. The summed E-state index contributed by atoms with van der Waals surface area (Å²) < 4.78 is 19.7. The molecule has 1 amide bonds. The Bertz CT molecular complexity index is 1350. The van der Waals surface area contributed by atoms with Crippen LogP contribution >= 0.6 is 0 Å². The maximum absolute atomic E-state index is 13.9. The molecule has 4 rings (SSSR count). The van der Waals surface area contributed by atoms with E-state index >= 15 is 0 Å². The Morgan fingerprint density at radius 1 is 1.00 bits per heavy atom. The fourth-order valence-electron chi connectivity index (χ4n) is 4.39. The normalized spacial score (nSPS) is 17.5. The van der Waals surface area contributed by atoms with Crippen molar-refractivity contribution in [1.82, 2.24) is 4.90 Å². The number of benzene rings is 3. The third-order valence-corrected chi connectivity index (χ3v) is 6.03. The van der Waals surface area contributed by atoms with Crippen molar-refractivity contribution in [2.45, 2.75) is 52.8 Å². The lowest BCUT2D eigenvalue weighted by Crippen LogP contribution is -2.29. The van der Waals surface area contributed by atoms with E-state index in [1.54, 1.807) is 6.92 Å². The number of aliphatic hydroxyl groups is 1. The van der Waals surface area contributed by atoms with Gasteiger partial charge in [-0.05, 0) is 81.6 Å². The molecule has 1 atom stereocenters. The Morgan fingerprint density at radius 2 is 1.69 bits per heavy atom. The van der Waals surface area contributed by atoms with Crippen molar-refractivity contribution in [3.8, 4) is 5.75 Å². The molecule has 36 heavy (non-hydrogen) atoms. The molecule has 0 saturated carbocycles. The van der Waals surface area contributed by atoms with E-state index in [-0.39, 0.29) is 29.0 Å². The molecule has 0 spiro atoms. The van der Waals surface area contributed by atoms with Gasteiger partial charge in [0.25, 0.3) is 11.7 Å². The molecule has 3 aromatic carbocycles. The molecule has 1 unspecified atom stereocenters. The van der Waals surface area contributed by atoms with Crippen molar-refractivity contribution < 1.29 is 23.8 Å². The van der Waals surface area contributed by atoms with E-state index in [4.69, 9.17) is 4.74 Å². The number of nitrogens with zero attached hydrogens (tertiary/aromatic N) is 1. The smallest absolute Gasteiger partial charge is 0.295 e. The van der Waals surface area contributed by atoms with Crippen LogP contribution in [0.15, 0.2) is 72.3 Å². The van der Waals surface area contributed by atoms with Crippen LogP contribution in [0.25, 0.3) is 5.76 Å². The minimum Gasteiger partial charge on any atom is -0.507 e. The summed E-state index contributed by atoms with van der Waals surface area (Å²) in [5.41, 5.74) is 2.75. The number of aryl methyl sites for hydroxylation is 2. The lowest BCUT2D eigenvalue weighted by Gasteiger charge is -2.26. The molecule has 1 aliphatic heterocycles. The van der Waals surface area contributed by atoms with Gasteiger partial charge >= 0.3 is 0 Å². The second kappa shape index (κ2) is 9.61. The number of aliphatic hydroxyl groups excluding tert-OH is 1. The van der Waals surface area contributed by atoms with Gasteiger partial charge in [0.1, 0.15) is 22.9 Å². The van der Waals surface area contributed by atoms with E-state index in [1.165, 1.54) is 23.1 Å². The van der Waals surface area contributed by atoms with Gasteiger partial charge in [0.2, 0.25) is 0 Å². The summed E-state index contributed by atoms with van der Waals surface area (Å²) in [5, 5.41) is 11.2. The molecule has 0 aromatic heterocycles. The molecular weight excluding hydrogens is 457 g/mol. The second-order valence-electron chi connectivity index (χ2n) is 10.2. The van der Waals surface area contributed by atoms with Crippen LogP contribution in [-0.2, 0) is 16.1 Å². The Labute approximate surface area is 210 Å². The van der Waals surface area contributed by atoms with Gasteiger partial charge in [0.15, 0.2) is 0 Å². The Morgan fingerprint density at radius 3 is 2.31 bits per heavy atom. The molecule has 5 nitrogen and oxygen atoms in total. The largest absolute Gasteiger partial charge is 0.507 e. The quantitative estimate of drug-likeness (QED) is 0.263. The molecule has 1 saturated heterocycles. The Balaban J connectivity index is 1.78. The summed E-state index contributed by atoms with van der Waals surface area (Å²) in [6.45, 7) is 9.56. The number of halogens is 1. The van der Waals surface area contributed by atoms with Gasteiger partial charge in [0.05, 0.1) is 11.6 Å². The fraction of sp³-hybridized carbons (Fsp3) is 0.267. The van der Waals surface area contributed by atoms with Crippen LogP contribution < -0.4 is 4.74 Å². The van der Waals surface area contributed by atoms with Crippen molar-refractivity contribution >= 4 is 17.4 Å². The second-order valence-corrected chi connectivity index (χ2v) is 10.2. The topological polar surface area (TPSA) is 66.8 Å². The maximum atomic E-state index is 13.9. The zero-order valence-corrected chi connectivity index (χ0v) is 21.1. The number of rotatable bonds is 5. The van der Waals surface area contributed by atoms with E-state index in [0.717, 1.165) is 11.1 Å². The molecule has 1 aliphatic rings. The fourth-order valence-corrected chi connectivity index (χ4v) is 4.39. The van der Waals surface area contributed by atoms with E-state index in [2.05, 4.69) is 0 Å². The van der Waals surface area contributed by atoms with E-state index in [0.29, 0.717) is 16.9 Å². The first-order valence-electron chi connectivity index (χ1n) is 11.8. The number of hydrogen-bond acceptors (Lipinski definition) is 4. The standard InChI is InChI=1S/C30H30FNO4/c1-18-7-6-8-21(15-18)26-25(27(33)22-11-14-24(31)19(2)16-22)28(34)29(35)32(26)17-20-9-12-23(13-10-20)36-30(3,4)5/h6-16,26,33H,17H2,1-5H3/b27-25-. The molecule has 1 N–H and O–H groups in total. The van der Waals surface area contributed by atoms with Crippen molar-refractivity contribution in [3.05, 3.63) is 106 Å². The summed E-state index contributed by atoms with van der Waals surface area (Å²) in [7, 11) is 0. The number of carbonyl (C=O) groups is 2. The minimum absolute atomic E-state index is 0.00991. The predicted molar refractivity (Wildman–Crippen MR) is 137 cm³/mol. The SMILES string of the molecule is Cc1cccc(C2/C(=C(/O)c3ccc(F)c(C)c3)C(=O)C(=O)N2Cc2ccc(OC(C)(C)C)cc2)c1. The maximum Gasteiger partial charge on any atom is 0.295 e. The summed E-state index contributed by atoms with van der Waals surface area (Å²) in [6, 6.07) is 18.2. The number of ketones is 1. The van der Waals surface area contributed by atoms with Crippen LogP contribution in [0, 0.1) is 19.7 Å². The van der Waals surface area contributed by atoms with Crippen LogP contribution in [0.1, 0.15) is 54.6 Å². The van der Waals surface area contributed by atoms with Crippen LogP contribution in [0.5, 0.6) is 5.75 Å². The number of Topliss-reactive ketones (excluding diaryl/α,β-unsaturated/α-hetero) is 1. The van der Waals surface area contributed by atoms with Gasteiger partial charge in [-0.25, -0.2) is 4.39 Å². The molecule has 1 fully saturated rings. The third-order valence-electron chi connectivity index (χ3n) is 6.03. The van der Waals surface area contributed by atoms with Crippen LogP contribution in [0.4, 0.5) is 4.39 Å². The van der Waals surface area contributed by atoms with Gasteiger partial charge in [0, 0.05) is 12.1 Å². The average molecular weight is 488 g/mol. The number of carbonyl (C=O) groups excluding carboxylic acids is 2. The molecular formula is C30H30FNO4. The Kier molecular flexibility index (Phi) is 6.72. The zero-order valence-electron chi connectivity index (χ0n) is 21.1. The summed E-state index contributed by atoms with van der Waals surface area (Å²) in [6.07, 6.45) is 0. The number of hydrogen-bond donors (Lipinski definition) is 1. The van der Waals surface area contributed by atoms with Crippen molar-refractivity contribution in [2.24, 2.45) is 0 Å². The van der Waals surface area contributed by atoms with Gasteiger partial charge in [-0.1, -0.05) is 42.0 Å². The molecule has 1 heterocycles. The number of amides is 1. The predicted octanol–water partition coefficient (Wildman–Crippen LogP) is 6.24. The summed E-state index contributed by atoms with van der Waals surface area (Å²) in [5.74, 6) is -1.50. The number of likely N-dealkylation sites (tertiary alicyclic amines) is 1. The molecule has 186 valence electrons. The van der Waals surface area contributed by atoms with Crippen molar-refractivity contribution in [2.75, 3.05) is 0 Å². The highest BCUT2D eigenvalue weighted by molar-refractivity contribution is 6.46. The zero-order chi connectivity index (χ0) is 26.2. The van der Waals surface area contributed by atoms with Crippen LogP contribution in [-0.4, -0.2) is 27.3 Å². The first kappa shape index (κ1) is 25.2. The molecule has 3 aromatic rings. The van der Waals surface area contributed by atoms with Crippen molar-refractivity contribution in [1.29, 1.82) is 0 Å². The first-order valence-corrected chi connectivity index (χ1v) is 11.8. The molecule has 0 radical (unpaired) electrons. The molecule has 6 heteroatoms. The lowest BCUT2D eigenvalue weighted by atomic mass is 9.94. The van der Waals surface area contributed by atoms with Gasteiger partial charge in [-0.3, -0.25) is 9.59 Å². The van der Waals surface area contributed by atoms with Gasteiger partial charge in [-0.2, -0.15) is 0 Å². The third kappa shape index (κ3) is 5.18. The molecule has 0 bridgehead atoms. The highest BCUT2D eigenvalue weighted by Crippen LogP contribution is 2.40. The van der Waals surface area contributed by atoms with E-state index in [9.17, 15) is 19.1 Å². The summed E-state index contributed by atoms with van der Waals surface area (Å²) in [4.78, 5) is 28.0. The average Bonchev–Trinajstić information content (AvgIpc) is 3.05. The minimum atomic E-state index is -0.791. The van der Waals surface area contributed by atoms with E-state index in [1.807, 2.05) is 76.2 Å². The lowest BCUT2D eigenvalue weighted by molar-refractivity contribution is -0.140. The number of ether oxygens (including phenoxy) is 1. The first-order chi connectivity index (χ1) is 16.9. The van der Waals surface area contributed by atoms with Crippen LogP contribution in [0.3, 0.4) is 0 Å². The van der Waals surface area contributed by atoms with Gasteiger partial charge in [-0.15, -0.1) is 0 Å². The van der Waals surface area contributed by atoms with Crippen LogP contribution in [0.2, 0.25) is 0 Å². The highest BCUT2D eigenvalue weighted by Gasteiger charge is 2.46. The van der Waals surface area contributed by atoms with Gasteiger partial charge < -0.3 is 14.7 Å². The summed E-state index contributed by atoms with van der Waals surface area (Å²) >= 11 is 0.